The number of fused-ring (bicyclic) bond motifs is 1. The van der Waals surface area contributed by atoms with E-state index in [0.29, 0.717) is 24.7 Å². The summed E-state index contributed by atoms with van der Waals surface area (Å²) >= 11 is 0. The molecule has 0 heterocycles. The fraction of sp³-hybridized carbons (Fsp3) is 0.900. The Labute approximate surface area is 137 Å². The van der Waals surface area contributed by atoms with Crippen molar-refractivity contribution in [2.24, 2.45) is 22.7 Å². The van der Waals surface area contributed by atoms with Gasteiger partial charge in [-0.25, -0.2) is 0 Å². The predicted molar refractivity (Wildman–Crippen MR) is 92.6 cm³/mol. The zero-order valence-electron chi connectivity index (χ0n) is 15.3. The van der Waals surface area contributed by atoms with Crippen molar-refractivity contribution in [2.45, 2.75) is 90.8 Å². The zero-order valence-corrected chi connectivity index (χ0v) is 15.3. The topological polar surface area (TPSA) is 40.5 Å². The minimum absolute atomic E-state index is 0.197. The molecule has 2 heteroatoms. The van der Waals surface area contributed by atoms with E-state index in [9.17, 15) is 10.2 Å². The van der Waals surface area contributed by atoms with Crippen LogP contribution in [0.5, 0.6) is 0 Å². The van der Waals surface area contributed by atoms with Gasteiger partial charge in [0.2, 0.25) is 0 Å². The average molecular weight is 309 g/mol. The molecule has 2 nitrogen and oxygen atoms in total. The molecule has 2 aliphatic carbocycles. The lowest BCUT2D eigenvalue weighted by Crippen LogP contribution is -2.69. The summed E-state index contributed by atoms with van der Waals surface area (Å²) in [4.78, 5) is 0. The van der Waals surface area contributed by atoms with Crippen LogP contribution in [-0.4, -0.2) is 21.4 Å². The van der Waals surface area contributed by atoms with E-state index in [0.717, 1.165) is 25.7 Å². The summed E-state index contributed by atoms with van der Waals surface area (Å²) in [5.74, 6) is 0.860. The summed E-state index contributed by atoms with van der Waals surface area (Å²) in [5.41, 5.74) is -1.94. The van der Waals surface area contributed by atoms with E-state index in [-0.39, 0.29) is 10.8 Å². The van der Waals surface area contributed by atoms with E-state index in [4.69, 9.17) is 0 Å². The maximum absolute atomic E-state index is 11.7. The van der Waals surface area contributed by atoms with Crippen LogP contribution in [-0.2, 0) is 0 Å². The zero-order chi connectivity index (χ0) is 16.8. The Hall–Kier alpha value is -0.340. The van der Waals surface area contributed by atoms with Crippen LogP contribution in [0.4, 0.5) is 0 Å². The van der Waals surface area contributed by atoms with E-state index >= 15 is 0 Å². The van der Waals surface area contributed by atoms with Crippen molar-refractivity contribution in [2.75, 3.05) is 0 Å². The van der Waals surface area contributed by atoms with E-state index in [1.807, 2.05) is 13.0 Å². The lowest BCUT2D eigenvalue weighted by Gasteiger charge is -2.65. The van der Waals surface area contributed by atoms with Crippen LogP contribution in [0.3, 0.4) is 0 Å². The van der Waals surface area contributed by atoms with Gasteiger partial charge in [-0.05, 0) is 62.7 Å². The van der Waals surface area contributed by atoms with Gasteiger partial charge in [-0.1, -0.05) is 40.2 Å². The predicted octanol–water partition coefficient (Wildman–Crippen LogP) is 4.70. The summed E-state index contributed by atoms with van der Waals surface area (Å²) in [7, 11) is 0. The molecule has 0 saturated heterocycles. The molecule has 0 spiro atoms. The summed E-state index contributed by atoms with van der Waals surface area (Å²) in [6.07, 6.45) is 8.63. The molecule has 22 heavy (non-hydrogen) atoms. The molecular weight excluding hydrogens is 272 g/mol. The number of allylic oxidation sites excluding steroid dienone is 1. The van der Waals surface area contributed by atoms with Crippen molar-refractivity contribution in [3.8, 4) is 0 Å². The maximum atomic E-state index is 11.7. The van der Waals surface area contributed by atoms with Crippen LogP contribution in [0, 0.1) is 22.7 Å². The van der Waals surface area contributed by atoms with E-state index in [1.165, 1.54) is 6.42 Å². The van der Waals surface area contributed by atoms with Crippen LogP contribution in [0.1, 0.15) is 79.6 Å². The number of aliphatic hydroxyl groups is 2. The van der Waals surface area contributed by atoms with Gasteiger partial charge in [0.15, 0.2) is 0 Å². The molecule has 0 aliphatic heterocycles. The second kappa shape index (κ2) is 5.63. The molecule has 0 aromatic heterocycles. The number of hydrogen-bond donors (Lipinski definition) is 2. The van der Waals surface area contributed by atoms with Crippen LogP contribution < -0.4 is 0 Å². The molecule has 5 unspecified atom stereocenters. The van der Waals surface area contributed by atoms with Crippen molar-refractivity contribution in [1.29, 1.82) is 0 Å². The van der Waals surface area contributed by atoms with E-state index in [2.05, 4.69) is 34.3 Å². The highest BCUT2D eigenvalue weighted by molar-refractivity contribution is 5.16. The third-order valence-corrected chi connectivity index (χ3v) is 7.35. The Morgan fingerprint density at radius 3 is 2.36 bits per heavy atom. The van der Waals surface area contributed by atoms with Crippen molar-refractivity contribution < 1.29 is 10.2 Å². The summed E-state index contributed by atoms with van der Waals surface area (Å²) in [5, 5.41) is 22.8. The Morgan fingerprint density at radius 1 is 1.14 bits per heavy atom. The highest BCUT2D eigenvalue weighted by Gasteiger charge is 2.65. The monoisotopic (exact) mass is 308 g/mol. The van der Waals surface area contributed by atoms with Crippen molar-refractivity contribution in [3.63, 3.8) is 0 Å². The second-order valence-electron chi connectivity index (χ2n) is 9.24. The average Bonchev–Trinajstić information content (AvgIpc) is 2.41. The van der Waals surface area contributed by atoms with Crippen LogP contribution in [0.25, 0.3) is 0 Å². The SMILES string of the molecule is C=CC(C)CCC1(O)C(C)(O)CCC2C(C)(C)CCCC21C. The first-order chi connectivity index (χ1) is 10.0. The molecular formula is C20H36O2. The third-order valence-electron chi connectivity index (χ3n) is 7.35. The van der Waals surface area contributed by atoms with Gasteiger partial charge in [-0.3, -0.25) is 0 Å². The Balaban J connectivity index is 2.39. The van der Waals surface area contributed by atoms with Gasteiger partial charge in [-0.15, -0.1) is 6.58 Å². The first kappa shape index (κ1) is 18.0. The summed E-state index contributed by atoms with van der Waals surface area (Å²) < 4.78 is 0. The molecule has 5 atom stereocenters. The first-order valence-corrected chi connectivity index (χ1v) is 9.07. The lowest BCUT2D eigenvalue weighted by molar-refractivity contribution is -0.274. The van der Waals surface area contributed by atoms with Gasteiger partial charge in [-0.2, -0.15) is 0 Å². The smallest absolute Gasteiger partial charge is 0.0986 e. The summed E-state index contributed by atoms with van der Waals surface area (Å²) in [6, 6.07) is 0. The lowest BCUT2D eigenvalue weighted by atomic mass is 9.43. The largest absolute Gasteiger partial charge is 0.387 e. The molecule has 2 saturated carbocycles. The number of rotatable bonds is 4. The van der Waals surface area contributed by atoms with Gasteiger partial charge < -0.3 is 10.2 Å². The minimum atomic E-state index is -1.00. The Kier molecular flexibility index (Phi) is 4.61. The van der Waals surface area contributed by atoms with Gasteiger partial charge in [0.25, 0.3) is 0 Å². The van der Waals surface area contributed by atoms with Crippen molar-refractivity contribution in [1.82, 2.24) is 0 Å². The minimum Gasteiger partial charge on any atom is -0.387 e. The molecule has 0 aromatic carbocycles. The van der Waals surface area contributed by atoms with E-state index < -0.39 is 11.2 Å². The summed E-state index contributed by atoms with van der Waals surface area (Å²) in [6.45, 7) is 14.8. The molecule has 0 amide bonds. The van der Waals surface area contributed by atoms with Gasteiger partial charge in [0.1, 0.15) is 0 Å². The standard InChI is InChI=1S/C20H36O2/c1-7-15(2)9-14-20(22)18(5)12-8-11-17(3,4)16(18)10-13-19(20,6)21/h7,15-16,21-22H,1,8-14H2,2-6H3. The maximum Gasteiger partial charge on any atom is 0.0986 e. The highest BCUT2D eigenvalue weighted by Crippen LogP contribution is 2.64. The van der Waals surface area contributed by atoms with Gasteiger partial charge >= 0.3 is 0 Å². The molecule has 2 fully saturated rings. The van der Waals surface area contributed by atoms with Gasteiger partial charge in [0, 0.05) is 5.41 Å². The first-order valence-electron chi connectivity index (χ1n) is 9.07. The Bertz CT molecular complexity index is 425. The van der Waals surface area contributed by atoms with Crippen LogP contribution in [0.2, 0.25) is 0 Å². The molecule has 2 aliphatic rings. The third kappa shape index (κ3) is 2.57. The molecule has 0 radical (unpaired) electrons. The quantitative estimate of drug-likeness (QED) is 0.739. The van der Waals surface area contributed by atoms with Crippen LogP contribution >= 0.6 is 0 Å². The van der Waals surface area contributed by atoms with Crippen LogP contribution in [0.15, 0.2) is 12.7 Å². The Morgan fingerprint density at radius 2 is 1.77 bits per heavy atom. The molecule has 2 rings (SSSR count). The second-order valence-corrected chi connectivity index (χ2v) is 9.24. The van der Waals surface area contributed by atoms with Crippen molar-refractivity contribution in [3.05, 3.63) is 12.7 Å². The fourth-order valence-corrected chi connectivity index (χ4v) is 5.68. The number of hydrogen-bond acceptors (Lipinski definition) is 2. The highest BCUT2D eigenvalue weighted by atomic mass is 16.4. The van der Waals surface area contributed by atoms with Gasteiger partial charge in [0.05, 0.1) is 11.2 Å². The van der Waals surface area contributed by atoms with E-state index in [1.54, 1.807) is 0 Å². The molecule has 2 N–H and O–H groups in total. The molecule has 0 bridgehead atoms. The van der Waals surface area contributed by atoms with Crippen molar-refractivity contribution >= 4 is 0 Å². The fourth-order valence-electron chi connectivity index (χ4n) is 5.68. The molecule has 128 valence electrons. The molecule has 0 aromatic rings. The normalized spacial score (nSPS) is 45.9.